The van der Waals surface area contributed by atoms with E-state index in [0.29, 0.717) is 17.9 Å². The normalized spacial score (nSPS) is 10.8. The number of aromatic nitrogens is 6. The minimum atomic E-state index is 0.493. The van der Waals surface area contributed by atoms with Crippen molar-refractivity contribution in [2.24, 2.45) is 0 Å². The van der Waals surface area contributed by atoms with Gasteiger partial charge >= 0.3 is 0 Å². The molecule has 5 aromatic rings. The van der Waals surface area contributed by atoms with Crippen molar-refractivity contribution >= 4 is 11.8 Å². The molecule has 0 aliphatic heterocycles. The predicted molar refractivity (Wildman–Crippen MR) is 127 cm³/mol. The molecule has 0 aliphatic rings. The van der Waals surface area contributed by atoms with Gasteiger partial charge in [-0.05, 0) is 45.8 Å². The molecule has 0 aliphatic carbocycles. The fraction of sp³-hybridized carbons (Fsp3) is 0.0800. The lowest BCUT2D eigenvalue weighted by atomic mass is 10.1. The number of hydrogen-bond acceptors (Lipinski definition) is 6. The third-order valence-corrected chi connectivity index (χ3v) is 6.28. The topological polar surface area (TPSA) is 85.2 Å². The van der Waals surface area contributed by atoms with Gasteiger partial charge in [0.25, 0.3) is 0 Å². The highest BCUT2D eigenvalue weighted by atomic mass is 32.2. The molecule has 0 N–H and O–H groups in total. The van der Waals surface area contributed by atoms with E-state index >= 15 is 0 Å². The van der Waals surface area contributed by atoms with Crippen molar-refractivity contribution in [1.82, 2.24) is 30.0 Å². The van der Waals surface area contributed by atoms with E-state index in [2.05, 4.69) is 38.8 Å². The molecule has 0 radical (unpaired) electrons. The highest BCUT2D eigenvalue weighted by Crippen LogP contribution is 2.34. The Balaban J connectivity index is 1.51. The van der Waals surface area contributed by atoms with Crippen LogP contribution in [0.15, 0.2) is 96.2 Å². The van der Waals surface area contributed by atoms with Crippen molar-refractivity contribution in [1.29, 1.82) is 5.26 Å². The molecule has 7 nitrogen and oxygen atoms in total. The zero-order chi connectivity index (χ0) is 22.5. The molecular formula is C25H19N7S. The summed E-state index contributed by atoms with van der Waals surface area (Å²) in [6.07, 6.45) is 1.82. The van der Waals surface area contributed by atoms with Crippen LogP contribution in [0.5, 0.6) is 0 Å². The summed E-state index contributed by atoms with van der Waals surface area (Å²) in [6.45, 7) is 0.493. The third kappa shape index (κ3) is 4.54. The van der Waals surface area contributed by atoms with E-state index in [1.165, 1.54) is 5.56 Å². The Hall–Kier alpha value is -4.22. The van der Waals surface area contributed by atoms with Crippen LogP contribution >= 0.6 is 11.8 Å². The second kappa shape index (κ2) is 9.51. The molecule has 0 saturated carbocycles. The van der Waals surface area contributed by atoms with Crippen LogP contribution in [0, 0.1) is 11.3 Å². The average Bonchev–Trinajstić information content (AvgIpc) is 3.51. The summed E-state index contributed by atoms with van der Waals surface area (Å²) in [7, 11) is 0. The average molecular weight is 450 g/mol. The first-order chi connectivity index (χ1) is 16.3. The first-order valence-corrected chi connectivity index (χ1v) is 11.4. The molecule has 0 fully saturated rings. The second-order valence-corrected chi connectivity index (χ2v) is 8.32. The van der Waals surface area contributed by atoms with Gasteiger partial charge < -0.3 is 0 Å². The highest BCUT2D eigenvalue weighted by Gasteiger charge is 2.20. The quantitative estimate of drug-likeness (QED) is 0.334. The first-order valence-electron chi connectivity index (χ1n) is 10.4. The fourth-order valence-corrected chi connectivity index (χ4v) is 4.54. The van der Waals surface area contributed by atoms with Crippen molar-refractivity contribution in [3.63, 3.8) is 0 Å². The number of nitriles is 1. The summed E-state index contributed by atoms with van der Waals surface area (Å²) in [4.78, 5) is 0. The number of rotatable bonds is 7. The fourth-order valence-electron chi connectivity index (χ4n) is 3.47. The van der Waals surface area contributed by atoms with Crippen molar-refractivity contribution in [3.05, 3.63) is 108 Å². The van der Waals surface area contributed by atoms with E-state index in [4.69, 9.17) is 5.26 Å². The van der Waals surface area contributed by atoms with Gasteiger partial charge in [0, 0.05) is 5.75 Å². The number of tetrazole rings is 1. The number of thioether (sulfide) groups is 1. The summed E-state index contributed by atoms with van der Waals surface area (Å²) in [5, 5.41) is 27.2. The van der Waals surface area contributed by atoms with Gasteiger partial charge in [0.2, 0.25) is 0 Å². The first kappa shape index (κ1) is 20.7. The summed E-state index contributed by atoms with van der Waals surface area (Å²) in [5.41, 5.74) is 4.71. The van der Waals surface area contributed by atoms with E-state index in [0.717, 1.165) is 27.6 Å². The SMILES string of the molecule is N#Cc1ccc(Cn2nnnc2-c2cnn(-c3ccccc3)c2SCc2ccccc2)cc1. The zero-order valence-electron chi connectivity index (χ0n) is 17.6. The van der Waals surface area contributed by atoms with Crippen LogP contribution in [0.2, 0.25) is 0 Å². The molecule has 8 heteroatoms. The zero-order valence-corrected chi connectivity index (χ0v) is 18.4. The van der Waals surface area contributed by atoms with Crippen molar-refractivity contribution in [3.8, 4) is 23.1 Å². The molecule has 33 heavy (non-hydrogen) atoms. The Morgan fingerprint density at radius 3 is 2.30 bits per heavy atom. The maximum Gasteiger partial charge on any atom is 0.186 e. The van der Waals surface area contributed by atoms with Crippen LogP contribution in [0.1, 0.15) is 16.7 Å². The summed E-state index contributed by atoms with van der Waals surface area (Å²) in [6, 6.07) is 30.0. The lowest BCUT2D eigenvalue weighted by Crippen LogP contribution is -2.05. The van der Waals surface area contributed by atoms with Gasteiger partial charge in [-0.25, -0.2) is 9.36 Å². The van der Waals surface area contributed by atoms with Crippen LogP contribution in [0.3, 0.4) is 0 Å². The molecule has 0 saturated heterocycles. The van der Waals surface area contributed by atoms with Crippen LogP contribution in [0.25, 0.3) is 17.1 Å². The van der Waals surface area contributed by atoms with E-state index in [-0.39, 0.29) is 0 Å². The minimum Gasteiger partial charge on any atom is -0.226 e. The molecule has 3 aromatic carbocycles. The van der Waals surface area contributed by atoms with Gasteiger partial charge in [-0.1, -0.05) is 60.7 Å². The van der Waals surface area contributed by atoms with Crippen molar-refractivity contribution in [2.75, 3.05) is 0 Å². The van der Waals surface area contributed by atoms with Crippen LogP contribution in [0.4, 0.5) is 0 Å². The Labute approximate surface area is 195 Å². The monoisotopic (exact) mass is 449 g/mol. The summed E-state index contributed by atoms with van der Waals surface area (Å²) < 4.78 is 3.70. The molecule has 0 spiro atoms. The van der Waals surface area contributed by atoms with Crippen molar-refractivity contribution in [2.45, 2.75) is 17.3 Å². The minimum absolute atomic E-state index is 0.493. The summed E-state index contributed by atoms with van der Waals surface area (Å²) >= 11 is 1.70. The Bertz CT molecular complexity index is 1380. The largest absolute Gasteiger partial charge is 0.226 e. The second-order valence-electron chi connectivity index (χ2n) is 7.35. The molecule has 0 atom stereocenters. The summed E-state index contributed by atoms with van der Waals surface area (Å²) in [5.74, 6) is 1.45. The third-order valence-electron chi connectivity index (χ3n) is 5.13. The number of para-hydroxylation sites is 1. The standard InChI is InChI=1S/C25H19N7S/c26-15-19-11-13-20(14-12-19)17-31-24(28-29-30-31)23-16-27-32(22-9-5-2-6-10-22)25(23)33-18-21-7-3-1-4-8-21/h1-14,16H,17-18H2. The van der Waals surface area contributed by atoms with Gasteiger partial charge in [-0.3, -0.25) is 0 Å². The van der Waals surface area contributed by atoms with Crippen LogP contribution < -0.4 is 0 Å². The molecule has 2 heterocycles. The van der Waals surface area contributed by atoms with Gasteiger partial charge in [0.05, 0.1) is 35.6 Å². The lowest BCUT2D eigenvalue weighted by Gasteiger charge is -2.10. The number of benzene rings is 3. The number of hydrogen-bond donors (Lipinski definition) is 0. The van der Waals surface area contributed by atoms with Crippen LogP contribution in [-0.4, -0.2) is 30.0 Å². The smallest absolute Gasteiger partial charge is 0.186 e. The molecule has 0 bridgehead atoms. The Morgan fingerprint density at radius 1 is 0.848 bits per heavy atom. The van der Waals surface area contributed by atoms with Gasteiger partial charge in [0.1, 0.15) is 5.03 Å². The van der Waals surface area contributed by atoms with Gasteiger partial charge in [0.15, 0.2) is 5.82 Å². The van der Waals surface area contributed by atoms with Crippen LogP contribution in [-0.2, 0) is 12.3 Å². The molecule has 0 amide bonds. The maximum atomic E-state index is 9.04. The molecular weight excluding hydrogens is 430 g/mol. The van der Waals surface area contributed by atoms with E-state index in [1.54, 1.807) is 28.6 Å². The molecule has 2 aromatic heterocycles. The highest BCUT2D eigenvalue weighted by molar-refractivity contribution is 7.98. The molecule has 0 unspecified atom stereocenters. The molecule has 5 rings (SSSR count). The number of nitrogens with zero attached hydrogens (tertiary/aromatic N) is 7. The van der Waals surface area contributed by atoms with Gasteiger partial charge in [-0.15, -0.1) is 16.9 Å². The lowest BCUT2D eigenvalue weighted by molar-refractivity contribution is 0.652. The maximum absolute atomic E-state index is 9.04. The van der Waals surface area contributed by atoms with E-state index < -0.39 is 0 Å². The van der Waals surface area contributed by atoms with E-state index in [1.807, 2.05) is 71.5 Å². The predicted octanol–water partition coefficient (Wildman–Crippen LogP) is 4.74. The van der Waals surface area contributed by atoms with Crippen molar-refractivity contribution < 1.29 is 0 Å². The Kier molecular flexibility index (Phi) is 5.95. The molecule has 160 valence electrons. The van der Waals surface area contributed by atoms with Gasteiger partial charge in [-0.2, -0.15) is 10.4 Å². The Morgan fingerprint density at radius 2 is 1.58 bits per heavy atom. The van der Waals surface area contributed by atoms with E-state index in [9.17, 15) is 0 Å².